The van der Waals surface area contributed by atoms with Gasteiger partial charge in [0.2, 0.25) is 5.28 Å². The lowest BCUT2D eigenvalue weighted by molar-refractivity contribution is -0.387. The Bertz CT molecular complexity index is 395. The van der Waals surface area contributed by atoms with Crippen molar-refractivity contribution in [1.29, 1.82) is 0 Å². The Hall–Kier alpha value is -1.43. The monoisotopic (exact) mass is 231 g/mol. The van der Waals surface area contributed by atoms with Crippen LogP contribution in [0.2, 0.25) is 5.28 Å². The molecule has 0 atom stereocenters. The van der Waals surface area contributed by atoms with Gasteiger partial charge in [-0.25, -0.2) is 4.98 Å². The minimum atomic E-state index is -0.580. The fourth-order valence-corrected chi connectivity index (χ4v) is 1.23. The van der Waals surface area contributed by atoms with Crippen molar-refractivity contribution in [2.75, 3.05) is 0 Å². The highest BCUT2D eigenvalue weighted by Crippen LogP contribution is 2.29. The van der Waals surface area contributed by atoms with E-state index in [2.05, 4.69) is 9.97 Å². The zero-order chi connectivity index (χ0) is 11.6. The van der Waals surface area contributed by atoms with Crippen molar-refractivity contribution in [2.45, 2.75) is 26.9 Å². The zero-order valence-electron chi connectivity index (χ0n) is 8.52. The molecule has 7 heteroatoms. The molecular formula is C8H10ClN3O3. The van der Waals surface area contributed by atoms with Crippen LogP contribution in [0.3, 0.4) is 0 Å². The Labute approximate surface area is 91.4 Å². The molecule has 0 fully saturated rings. The van der Waals surface area contributed by atoms with Crippen LogP contribution >= 0.6 is 11.6 Å². The first-order valence-electron chi connectivity index (χ1n) is 4.27. The van der Waals surface area contributed by atoms with Crippen molar-refractivity contribution in [3.63, 3.8) is 0 Å². The van der Waals surface area contributed by atoms with Crippen molar-refractivity contribution in [2.24, 2.45) is 0 Å². The molecule has 15 heavy (non-hydrogen) atoms. The second kappa shape index (κ2) is 4.39. The molecule has 0 aliphatic carbocycles. The zero-order valence-corrected chi connectivity index (χ0v) is 9.28. The van der Waals surface area contributed by atoms with E-state index in [0.717, 1.165) is 0 Å². The molecule has 0 amide bonds. The van der Waals surface area contributed by atoms with Crippen molar-refractivity contribution in [3.8, 4) is 5.88 Å². The summed E-state index contributed by atoms with van der Waals surface area (Å²) >= 11 is 5.59. The lowest BCUT2D eigenvalue weighted by Crippen LogP contribution is -2.10. The molecule has 0 aliphatic heterocycles. The van der Waals surface area contributed by atoms with Gasteiger partial charge in [-0.15, -0.1) is 0 Å². The van der Waals surface area contributed by atoms with E-state index in [1.165, 1.54) is 6.92 Å². The summed E-state index contributed by atoms with van der Waals surface area (Å²) in [7, 11) is 0. The van der Waals surface area contributed by atoms with Crippen LogP contribution in [0, 0.1) is 17.0 Å². The topological polar surface area (TPSA) is 78.2 Å². The highest BCUT2D eigenvalue weighted by molar-refractivity contribution is 6.28. The molecule has 82 valence electrons. The minimum absolute atomic E-state index is 0.0613. The van der Waals surface area contributed by atoms with Crippen LogP contribution < -0.4 is 4.74 Å². The summed E-state index contributed by atoms with van der Waals surface area (Å²) in [5, 5.41) is 10.7. The fraction of sp³-hybridized carbons (Fsp3) is 0.500. The van der Waals surface area contributed by atoms with Gasteiger partial charge in [-0.05, 0) is 32.4 Å². The normalized spacial score (nSPS) is 10.5. The maximum atomic E-state index is 10.7. The number of aryl methyl sites for hydroxylation is 1. The third-order valence-electron chi connectivity index (χ3n) is 1.53. The van der Waals surface area contributed by atoms with Gasteiger partial charge in [-0.3, -0.25) is 10.1 Å². The van der Waals surface area contributed by atoms with Gasteiger partial charge in [0.05, 0.1) is 11.0 Å². The summed E-state index contributed by atoms with van der Waals surface area (Å²) < 4.78 is 5.19. The number of hydrogen-bond donors (Lipinski definition) is 0. The number of aromatic nitrogens is 2. The minimum Gasteiger partial charge on any atom is -0.470 e. The summed E-state index contributed by atoms with van der Waals surface area (Å²) in [4.78, 5) is 17.5. The molecule has 1 aromatic heterocycles. The number of nitrogens with zero attached hydrogens (tertiary/aromatic N) is 3. The van der Waals surface area contributed by atoms with Gasteiger partial charge in [0.1, 0.15) is 5.69 Å². The second-order valence-corrected chi connectivity index (χ2v) is 3.49. The van der Waals surface area contributed by atoms with Crippen LogP contribution in [0.15, 0.2) is 0 Å². The number of hydrogen-bond acceptors (Lipinski definition) is 5. The maximum absolute atomic E-state index is 10.7. The van der Waals surface area contributed by atoms with Crippen molar-refractivity contribution < 1.29 is 9.66 Å². The number of ether oxygens (including phenoxy) is 1. The summed E-state index contributed by atoms with van der Waals surface area (Å²) in [5.74, 6) is -0.0903. The average Bonchev–Trinajstić information content (AvgIpc) is 1.99. The molecule has 0 saturated carbocycles. The number of halogens is 1. The van der Waals surface area contributed by atoms with E-state index in [1.54, 1.807) is 13.8 Å². The van der Waals surface area contributed by atoms with E-state index >= 15 is 0 Å². The molecule has 0 unspecified atom stereocenters. The first kappa shape index (κ1) is 11.6. The van der Waals surface area contributed by atoms with E-state index in [-0.39, 0.29) is 28.6 Å². The van der Waals surface area contributed by atoms with Gasteiger partial charge in [0.25, 0.3) is 5.88 Å². The Morgan fingerprint density at radius 3 is 2.53 bits per heavy atom. The predicted molar refractivity (Wildman–Crippen MR) is 54.2 cm³/mol. The molecule has 1 heterocycles. The second-order valence-electron chi connectivity index (χ2n) is 3.16. The quantitative estimate of drug-likeness (QED) is 0.452. The molecule has 1 aromatic rings. The SMILES string of the molecule is Cc1nc(Cl)nc(OC(C)C)c1[N+](=O)[O-]. The highest BCUT2D eigenvalue weighted by atomic mass is 35.5. The third-order valence-corrected chi connectivity index (χ3v) is 1.70. The van der Waals surface area contributed by atoms with Crippen LogP contribution in [0.1, 0.15) is 19.5 Å². The average molecular weight is 232 g/mol. The lowest BCUT2D eigenvalue weighted by Gasteiger charge is -2.09. The standard InChI is InChI=1S/C8H10ClN3O3/c1-4(2)15-7-6(12(13)14)5(3)10-8(9)11-7/h4H,1-3H3. The molecule has 0 bridgehead atoms. The Morgan fingerprint density at radius 1 is 1.47 bits per heavy atom. The smallest absolute Gasteiger partial charge is 0.352 e. The summed E-state index contributed by atoms with van der Waals surface area (Å²) in [5.41, 5.74) is -0.0521. The Kier molecular flexibility index (Phi) is 3.41. The van der Waals surface area contributed by atoms with Crippen molar-refractivity contribution in [3.05, 3.63) is 21.1 Å². The first-order valence-corrected chi connectivity index (χ1v) is 4.64. The van der Waals surface area contributed by atoms with Gasteiger partial charge >= 0.3 is 5.69 Å². The Balaban J connectivity index is 3.27. The summed E-state index contributed by atoms with van der Waals surface area (Å²) in [6.07, 6.45) is -0.214. The van der Waals surface area contributed by atoms with E-state index in [4.69, 9.17) is 16.3 Å². The van der Waals surface area contributed by atoms with Crippen LogP contribution in [-0.2, 0) is 0 Å². The first-order chi connectivity index (χ1) is 6.91. The number of rotatable bonds is 3. The van der Waals surface area contributed by atoms with Gasteiger partial charge in [0.15, 0.2) is 0 Å². The fourth-order valence-electron chi connectivity index (χ4n) is 1.02. The molecule has 0 N–H and O–H groups in total. The van der Waals surface area contributed by atoms with Gasteiger partial charge < -0.3 is 4.74 Å². The van der Waals surface area contributed by atoms with E-state index in [0.29, 0.717) is 0 Å². The molecule has 0 aliphatic rings. The molecule has 6 nitrogen and oxygen atoms in total. The van der Waals surface area contributed by atoms with E-state index < -0.39 is 4.92 Å². The van der Waals surface area contributed by atoms with Crippen LogP contribution in [0.4, 0.5) is 5.69 Å². The van der Waals surface area contributed by atoms with Gasteiger partial charge in [-0.1, -0.05) is 0 Å². The van der Waals surface area contributed by atoms with E-state index in [9.17, 15) is 10.1 Å². The number of nitro groups is 1. The van der Waals surface area contributed by atoms with E-state index in [1.807, 2.05) is 0 Å². The lowest BCUT2D eigenvalue weighted by atomic mass is 10.3. The van der Waals surface area contributed by atoms with Crippen molar-refractivity contribution >= 4 is 17.3 Å². The largest absolute Gasteiger partial charge is 0.470 e. The molecule has 0 radical (unpaired) electrons. The van der Waals surface area contributed by atoms with Crippen molar-refractivity contribution in [1.82, 2.24) is 9.97 Å². The predicted octanol–water partition coefficient (Wildman–Crippen LogP) is 2.13. The third kappa shape index (κ3) is 2.76. The highest BCUT2D eigenvalue weighted by Gasteiger charge is 2.23. The van der Waals surface area contributed by atoms with Crippen LogP contribution in [-0.4, -0.2) is 21.0 Å². The Morgan fingerprint density at radius 2 is 2.07 bits per heavy atom. The molecular weight excluding hydrogens is 222 g/mol. The molecule has 1 rings (SSSR count). The maximum Gasteiger partial charge on any atom is 0.352 e. The summed E-state index contributed by atoms with van der Waals surface area (Å²) in [6, 6.07) is 0. The molecule has 0 aromatic carbocycles. The molecule has 0 spiro atoms. The summed E-state index contributed by atoms with van der Waals surface area (Å²) in [6.45, 7) is 4.98. The van der Waals surface area contributed by atoms with Crippen LogP contribution in [0.5, 0.6) is 5.88 Å². The van der Waals surface area contributed by atoms with Crippen LogP contribution in [0.25, 0.3) is 0 Å². The van der Waals surface area contributed by atoms with Gasteiger partial charge in [-0.2, -0.15) is 4.98 Å². The van der Waals surface area contributed by atoms with Gasteiger partial charge in [0, 0.05) is 0 Å². The molecule has 0 saturated heterocycles.